The van der Waals surface area contributed by atoms with Crippen LogP contribution < -0.4 is 5.32 Å². The van der Waals surface area contributed by atoms with E-state index in [2.05, 4.69) is 17.4 Å². The van der Waals surface area contributed by atoms with E-state index in [9.17, 15) is 9.59 Å². The van der Waals surface area contributed by atoms with Crippen LogP contribution in [-0.4, -0.2) is 41.1 Å². The molecule has 0 aromatic heterocycles. The van der Waals surface area contributed by atoms with E-state index in [1.54, 1.807) is 23.6 Å². The van der Waals surface area contributed by atoms with E-state index >= 15 is 0 Å². The van der Waals surface area contributed by atoms with Crippen molar-refractivity contribution in [1.82, 2.24) is 10.2 Å². The third-order valence-corrected chi connectivity index (χ3v) is 4.58. The number of benzene rings is 1. The molecule has 0 saturated carbocycles. The molecule has 0 aliphatic carbocycles. The molecule has 1 N–H and O–H groups in total. The summed E-state index contributed by atoms with van der Waals surface area (Å²) in [5.41, 5.74) is 0. The Balaban J connectivity index is 2.00. The van der Waals surface area contributed by atoms with E-state index in [-0.39, 0.29) is 23.8 Å². The van der Waals surface area contributed by atoms with Gasteiger partial charge in [-0.25, -0.2) is 0 Å². The van der Waals surface area contributed by atoms with Crippen molar-refractivity contribution in [3.8, 4) is 0 Å². The van der Waals surface area contributed by atoms with Gasteiger partial charge < -0.3 is 10.2 Å². The Kier molecular flexibility index (Phi) is 5.28. The third kappa shape index (κ3) is 3.79. The lowest BCUT2D eigenvalue weighted by atomic mass is 9.97. The van der Waals surface area contributed by atoms with E-state index in [0.717, 1.165) is 5.75 Å². The molecule has 1 aliphatic heterocycles. The van der Waals surface area contributed by atoms with Crippen molar-refractivity contribution < 1.29 is 9.59 Å². The van der Waals surface area contributed by atoms with E-state index in [0.29, 0.717) is 6.54 Å². The van der Waals surface area contributed by atoms with Crippen LogP contribution in [0.4, 0.5) is 0 Å². The number of hydrogen-bond acceptors (Lipinski definition) is 3. The summed E-state index contributed by atoms with van der Waals surface area (Å²) in [5.74, 6) is 0.880. The average Bonchev–Trinajstić information content (AvgIpc) is 2.44. The Morgan fingerprint density at radius 1 is 1.24 bits per heavy atom. The highest BCUT2D eigenvalue weighted by Crippen LogP contribution is 2.21. The van der Waals surface area contributed by atoms with Crippen LogP contribution in [0, 0.1) is 5.92 Å². The molecule has 0 radical (unpaired) electrons. The normalized spacial score (nSPS) is 22.6. The molecule has 114 valence electrons. The summed E-state index contributed by atoms with van der Waals surface area (Å²) in [6.07, 6.45) is 0. The van der Waals surface area contributed by atoms with Crippen molar-refractivity contribution >= 4 is 23.6 Å². The number of piperazine rings is 1. The summed E-state index contributed by atoms with van der Waals surface area (Å²) >= 11 is 1.71. The second kappa shape index (κ2) is 6.98. The Morgan fingerprint density at radius 3 is 2.52 bits per heavy atom. The smallest absolute Gasteiger partial charge is 0.245 e. The van der Waals surface area contributed by atoms with Crippen LogP contribution >= 0.6 is 11.8 Å². The van der Waals surface area contributed by atoms with Gasteiger partial charge in [0.25, 0.3) is 0 Å². The Morgan fingerprint density at radius 2 is 1.90 bits per heavy atom. The molecule has 5 heteroatoms. The number of amides is 2. The van der Waals surface area contributed by atoms with Crippen LogP contribution in [0.1, 0.15) is 20.8 Å². The zero-order valence-electron chi connectivity index (χ0n) is 12.7. The van der Waals surface area contributed by atoms with E-state index < -0.39 is 6.04 Å². The molecule has 2 atom stereocenters. The Labute approximate surface area is 130 Å². The highest BCUT2D eigenvalue weighted by molar-refractivity contribution is 7.99. The molecule has 2 amide bonds. The summed E-state index contributed by atoms with van der Waals surface area (Å²) < 4.78 is 0. The van der Waals surface area contributed by atoms with Crippen molar-refractivity contribution in [2.45, 2.75) is 37.8 Å². The number of thioether (sulfide) groups is 1. The van der Waals surface area contributed by atoms with E-state index in [4.69, 9.17) is 0 Å². The van der Waals surface area contributed by atoms with Crippen LogP contribution in [-0.2, 0) is 9.59 Å². The molecule has 2 unspecified atom stereocenters. The topological polar surface area (TPSA) is 49.4 Å². The average molecular weight is 306 g/mol. The van der Waals surface area contributed by atoms with Crippen LogP contribution in [0.3, 0.4) is 0 Å². The SMILES string of the molecule is CC1NC(=O)C(C(C)C)N(CCSc2ccccc2)C1=O. The van der Waals surface area contributed by atoms with Gasteiger partial charge in [-0.05, 0) is 25.0 Å². The Bertz CT molecular complexity index is 504. The first-order valence-electron chi connectivity index (χ1n) is 7.29. The first-order chi connectivity index (χ1) is 10.0. The minimum absolute atomic E-state index is 0.0157. The molecular weight excluding hydrogens is 284 g/mol. The molecule has 1 heterocycles. The van der Waals surface area contributed by atoms with Gasteiger partial charge >= 0.3 is 0 Å². The summed E-state index contributed by atoms with van der Waals surface area (Å²) in [6, 6.07) is 9.32. The van der Waals surface area contributed by atoms with Crippen LogP contribution in [0.15, 0.2) is 35.2 Å². The van der Waals surface area contributed by atoms with Gasteiger partial charge in [-0.3, -0.25) is 9.59 Å². The maximum absolute atomic E-state index is 12.3. The molecule has 0 bridgehead atoms. The quantitative estimate of drug-likeness (QED) is 0.848. The fourth-order valence-corrected chi connectivity index (χ4v) is 3.45. The van der Waals surface area contributed by atoms with Gasteiger partial charge in [0.2, 0.25) is 11.8 Å². The van der Waals surface area contributed by atoms with Gasteiger partial charge in [0.1, 0.15) is 12.1 Å². The molecule has 0 spiro atoms. The van der Waals surface area contributed by atoms with Gasteiger partial charge in [-0.15, -0.1) is 11.8 Å². The second-order valence-electron chi connectivity index (χ2n) is 5.61. The van der Waals surface area contributed by atoms with Gasteiger partial charge in [-0.1, -0.05) is 32.0 Å². The molecule has 21 heavy (non-hydrogen) atoms. The number of hydrogen-bond donors (Lipinski definition) is 1. The minimum atomic E-state index is -0.422. The highest BCUT2D eigenvalue weighted by Gasteiger charge is 2.39. The fraction of sp³-hybridized carbons (Fsp3) is 0.500. The number of nitrogens with zero attached hydrogens (tertiary/aromatic N) is 1. The van der Waals surface area contributed by atoms with E-state index in [1.165, 1.54) is 4.90 Å². The van der Waals surface area contributed by atoms with Crippen molar-refractivity contribution in [3.05, 3.63) is 30.3 Å². The molecule has 4 nitrogen and oxygen atoms in total. The summed E-state index contributed by atoms with van der Waals surface area (Å²) in [7, 11) is 0. The lowest BCUT2D eigenvalue weighted by Crippen LogP contribution is -2.64. The van der Waals surface area contributed by atoms with Crippen LogP contribution in [0.25, 0.3) is 0 Å². The van der Waals surface area contributed by atoms with Crippen molar-refractivity contribution in [1.29, 1.82) is 0 Å². The lowest BCUT2D eigenvalue weighted by Gasteiger charge is -2.39. The van der Waals surface area contributed by atoms with E-state index in [1.807, 2.05) is 32.0 Å². The summed E-state index contributed by atoms with van der Waals surface area (Å²) in [5, 5.41) is 2.76. The van der Waals surface area contributed by atoms with Gasteiger partial charge in [0.05, 0.1) is 0 Å². The first-order valence-corrected chi connectivity index (χ1v) is 8.28. The van der Waals surface area contributed by atoms with Gasteiger partial charge in [-0.2, -0.15) is 0 Å². The largest absolute Gasteiger partial charge is 0.343 e. The number of nitrogens with one attached hydrogen (secondary N) is 1. The summed E-state index contributed by atoms with van der Waals surface area (Å²) in [6.45, 7) is 6.29. The zero-order chi connectivity index (χ0) is 15.4. The highest BCUT2D eigenvalue weighted by atomic mass is 32.2. The maximum atomic E-state index is 12.3. The lowest BCUT2D eigenvalue weighted by molar-refractivity contribution is -0.150. The number of carbonyl (C=O) groups is 2. The first kappa shape index (κ1) is 15.9. The molecule has 1 saturated heterocycles. The molecule has 2 rings (SSSR count). The predicted molar refractivity (Wildman–Crippen MR) is 85.1 cm³/mol. The monoisotopic (exact) mass is 306 g/mol. The predicted octanol–water partition coefficient (Wildman–Crippen LogP) is 2.15. The van der Waals surface area contributed by atoms with Crippen molar-refractivity contribution in [2.75, 3.05) is 12.3 Å². The van der Waals surface area contributed by atoms with Gasteiger partial charge in [0, 0.05) is 17.2 Å². The molecular formula is C16H22N2O2S. The third-order valence-electron chi connectivity index (χ3n) is 3.59. The van der Waals surface area contributed by atoms with Crippen molar-refractivity contribution in [3.63, 3.8) is 0 Å². The van der Waals surface area contributed by atoms with Crippen LogP contribution in [0.2, 0.25) is 0 Å². The van der Waals surface area contributed by atoms with Crippen molar-refractivity contribution in [2.24, 2.45) is 5.92 Å². The molecule has 1 fully saturated rings. The Hall–Kier alpha value is -1.49. The second-order valence-corrected chi connectivity index (χ2v) is 6.78. The van der Waals surface area contributed by atoms with Gasteiger partial charge in [0.15, 0.2) is 0 Å². The molecule has 1 aromatic carbocycles. The molecule has 1 aromatic rings. The zero-order valence-corrected chi connectivity index (χ0v) is 13.5. The molecule has 1 aliphatic rings. The number of rotatable bonds is 5. The summed E-state index contributed by atoms with van der Waals surface area (Å²) in [4.78, 5) is 27.4. The fourth-order valence-electron chi connectivity index (χ4n) is 2.58. The van der Waals surface area contributed by atoms with Crippen LogP contribution in [0.5, 0.6) is 0 Å². The standard InChI is InChI=1S/C16H22N2O2S/c1-11(2)14-15(19)17-12(3)16(20)18(14)9-10-21-13-7-5-4-6-8-13/h4-8,11-12,14H,9-10H2,1-3H3,(H,17,19). The maximum Gasteiger partial charge on any atom is 0.245 e. The number of carbonyl (C=O) groups excluding carboxylic acids is 2. The minimum Gasteiger partial charge on any atom is -0.343 e.